The van der Waals surface area contributed by atoms with Crippen LogP contribution in [0, 0.1) is 0 Å². The third kappa shape index (κ3) is 4.41. The van der Waals surface area contributed by atoms with Crippen LogP contribution in [0.5, 0.6) is 0 Å². The Morgan fingerprint density at radius 2 is 0.645 bits per heavy atom. The Morgan fingerprint density at radius 1 is 0.290 bits per heavy atom. The maximum atomic E-state index is 3.56. The molecule has 5 aromatic rings. The first-order chi connectivity index (χ1) is 15.3. The molecule has 148 valence electrons. The predicted molar refractivity (Wildman–Crippen MR) is 132 cm³/mol. The Labute approximate surface area is 183 Å². The molecule has 1 N–H and O–H groups in total. The van der Waals surface area contributed by atoms with Crippen LogP contribution in [0.15, 0.2) is 133 Å². The zero-order valence-electron chi connectivity index (χ0n) is 17.2. The lowest BCUT2D eigenvalue weighted by Crippen LogP contribution is -1.91. The minimum atomic E-state index is 1.08. The lowest BCUT2D eigenvalue weighted by molar-refractivity contribution is 1.53. The van der Waals surface area contributed by atoms with Crippen LogP contribution in [0.25, 0.3) is 33.4 Å². The topological polar surface area (TPSA) is 12.0 Å². The third-order valence-electron chi connectivity index (χ3n) is 5.45. The largest absolute Gasteiger partial charge is 0.355 e. The van der Waals surface area contributed by atoms with Gasteiger partial charge in [-0.05, 0) is 57.6 Å². The summed E-state index contributed by atoms with van der Waals surface area (Å²) in [6, 6.07) is 46.8. The van der Waals surface area contributed by atoms with Gasteiger partial charge in [0, 0.05) is 11.4 Å². The van der Waals surface area contributed by atoms with E-state index in [-0.39, 0.29) is 0 Å². The smallest absolute Gasteiger partial charge is 0.0390 e. The van der Waals surface area contributed by atoms with E-state index in [0.717, 1.165) is 11.4 Å². The molecule has 31 heavy (non-hydrogen) atoms. The fourth-order valence-electron chi connectivity index (χ4n) is 3.84. The van der Waals surface area contributed by atoms with Crippen LogP contribution in [-0.4, -0.2) is 0 Å². The van der Waals surface area contributed by atoms with Crippen molar-refractivity contribution in [3.8, 4) is 33.4 Å². The van der Waals surface area contributed by atoms with Crippen molar-refractivity contribution < 1.29 is 0 Å². The lowest BCUT2D eigenvalue weighted by atomic mass is 10.00. The van der Waals surface area contributed by atoms with Crippen molar-refractivity contribution in [2.75, 3.05) is 5.32 Å². The first kappa shape index (κ1) is 18.9. The van der Waals surface area contributed by atoms with Crippen LogP contribution in [0.1, 0.15) is 0 Å². The molecule has 0 amide bonds. The monoisotopic (exact) mass is 397 g/mol. The first-order valence-corrected chi connectivity index (χ1v) is 10.5. The highest BCUT2D eigenvalue weighted by molar-refractivity contribution is 5.75. The first-order valence-electron chi connectivity index (χ1n) is 10.5. The van der Waals surface area contributed by atoms with Gasteiger partial charge in [0.1, 0.15) is 0 Å². The number of hydrogen-bond donors (Lipinski definition) is 1. The van der Waals surface area contributed by atoms with Gasteiger partial charge in [-0.25, -0.2) is 0 Å². The highest BCUT2D eigenvalue weighted by atomic mass is 14.9. The Balaban J connectivity index is 1.37. The maximum absolute atomic E-state index is 3.56. The van der Waals surface area contributed by atoms with Gasteiger partial charge >= 0.3 is 0 Å². The Kier molecular flexibility index (Phi) is 5.32. The zero-order chi connectivity index (χ0) is 20.9. The fourth-order valence-corrected chi connectivity index (χ4v) is 3.84. The molecule has 1 heteroatoms. The zero-order valence-corrected chi connectivity index (χ0v) is 17.2. The van der Waals surface area contributed by atoms with Crippen molar-refractivity contribution >= 4 is 11.4 Å². The molecule has 5 rings (SSSR count). The van der Waals surface area contributed by atoms with Crippen LogP contribution in [-0.2, 0) is 0 Å². The van der Waals surface area contributed by atoms with E-state index in [0.29, 0.717) is 0 Å². The van der Waals surface area contributed by atoms with Gasteiger partial charge in [-0.2, -0.15) is 0 Å². The van der Waals surface area contributed by atoms with E-state index in [9.17, 15) is 0 Å². The summed E-state index contributed by atoms with van der Waals surface area (Å²) in [5, 5.41) is 3.56. The van der Waals surface area contributed by atoms with Crippen LogP contribution in [0.3, 0.4) is 0 Å². The van der Waals surface area contributed by atoms with E-state index in [1.54, 1.807) is 0 Å². The molecule has 0 aliphatic heterocycles. The minimum Gasteiger partial charge on any atom is -0.355 e. The molecule has 1 nitrogen and oxygen atoms in total. The normalized spacial score (nSPS) is 10.6. The molecule has 0 aliphatic rings. The third-order valence-corrected chi connectivity index (χ3v) is 5.45. The van der Waals surface area contributed by atoms with Gasteiger partial charge in [0.25, 0.3) is 0 Å². The van der Waals surface area contributed by atoms with E-state index in [1.807, 2.05) is 12.1 Å². The molecule has 0 spiro atoms. The summed E-state index contributed by atoms with van der Waals surface area (Å²) in [4.78, 5) is 0. The molecule has 0 saturated carbocycles. The summed E-state index contributed by atoms with van der Waals surface area (Å²) in [5.41, 5.74) is 9.47. The second kappa shape index (κ2) is 8.73. The molecule has 0 radical (unpaired) electrons. The van der Waals surface area contributed by atoms with Gasteiger partial charge in [0.15, 0.2) is 0 Å². The second-order valence-corrected chi connectivity index (χ2v) is 7.60. The molecule has 0 unspecified atom stereocenters. The Hall–Kier alpha value is -4.10. The highest BCUT2D eigenvalue weighted by Gasteiger charge is 2.03. The van der Waals surface area contributed by atoms with E-state index in [1.165, 1.54) is 33.4 Å². The summed E-state index contributed by atoms with van der Waals surface area (Å²) >= 11 is 0. The summed E-state index contributed by atoms with van der Waals surface area (Å²) in [5.74, 6) is 0. The number of hydrogen-bond acceptors (Lipinski definition) is 1. The maximum Gasteiger partial charge on any atom is 0.0390 e. The van der Waals surface area contributed by atoms with Crippen molar-refractivity contribution in [3.63, 3.8) is 0 Å². The molecule has 0 bridgehead atoms. The molecule has 0 aromatic heterocycles. The molecule has 5 aromatic carbocycles. The molecule has 0 aliphatic carbocycles. The van der Waals surface area contributed by atoms with Crippen molar-refractivity contribution in [1.29, 1.82) is 0 Å². The van der Waals surface area contributed by atoms with Gasteiger partial charge in [-0.3, -0.25) is 0 Å². The highest BCUT2D eigenvalue weighted by Crippen LogP contribution is 2.29. The predicted octanol–water partition coefficient (Wildman–Crippen LogP) is 8.43. The van der Waals surface area contributed by atoms with Crippen LogP contribution >= 0.6 is 0 Å². The van der Waals surface area contributed by atoms with Crippen molar-refractivity contribution in [2.24, 2.45) is 0 Å². The van der Waals surface area contributed by atoms with Crippen LogP contribution in [0.4, 0.5) is 11.4 Å². The molecule has 0 fully saturated rings. The number of nitrogens with one attached hydrogen (secondary N) is 1. The van der Waals surface area contributed by atoms with Gasteiger partial charge in [-0.15, -0.1) is 0 Å². The van der Waals surface area contributed by atoms with Crippen LogP contribution in [0.2, 0.25) is 0 Å². The SMILES string of the molecule is c1ccc(-c2ccc(-c3cccc(Nc4cccc(-c5ccccc5)c4)c3)cc2)cc1. The van der Waals surface area contributed by atoms with E-state index in [4.69, 9.17) is 0 Å². The average molecular weight is 398 g/mol. The second-order valence-electron chi connectivity index (χ2n) is 7.60. The van der Waals surface area contributed by atoms with Gasteiger partial charge in [0.2, 0.25) is 0 Å². The quantitative estimate of drug-likeness (QED) is 0.314. The summed E-state index contributed by atoms with van der Waals surface area (Å²) < 4.78 is 0. The number of benzene rings is 5. The molecule has 0 atom stereocenters. The average Bonchev–Trinajstić information content (AvgIpc) is 2.86. The van der Waals surface area contributed by atoms with Crippen LogP contribution < -0.4 is 5.32 Å². The molecule has 0 saturated heterocycles. The summed E-state index contributed by atoms with van der Waals surface area (Å²) in [6.07, 6.45) is 0. The van der Waals surface area contributed by atoms with Gasteiger partial charge in [0.05, 0.1) is 0 Å². The van der Waals surface area contributed by atoms with Gasteiger partial charge < -0.3 is 5.32 Å². The summed E-state index contributed by atoms with van der Waals surface area (Å²) in [7, 11) is 0. The van der Waals surface area contributed by atoms with Gasteiger partial charge in [-0.1, -0.05) is 109 Å². The fraction of sp³-hybridized carbons (Fsp3) is 0. The standard InChI is InChI=1S/C30H23N/c1-3-9-23(10-4-1)25-17-19-26(20-18-25)28-14-8-16-30(22-28)31-29-15-7-13-27(21-29)24-11-5-2-6-12-24/h1-22,31H. The van der Waals surface area contributed by atoms with Crippen molar-refractivity contribution in [3.05, 3.63) is 133 Å². The Bertz CT molecular complexity index is 1270. The molecular formula is C30H23N. The number of rotatable bonds is 5. The number of anilines is 2. The Morgan fingerprint density at radius 3 is 1.13 bits per heavy atom. The van der Waals surface area contributed by atoms with E-state index < -0.39 is 0 Å². The summed E-state index contributed by atoms with van der Waals surface area (Å²) in [6.45, 7) is 0. The van der Waals surface area contributed by atoms with E-state index >= 15 is 0 Å². The van der Waals surface area contributed by atoms with E-state index in [2.05, 4.69) is 127 Å². The van der Waals surface area contributed by atoms with Crippen molar-refractivity contribution in [1.82, 2.24) is 0 Å². The molecule has 0 heterocycles. The van der Waals surface area contributed by atoms with Crippen molar-refractivity contribution in [2.45, 2.75) is 0 Å². The lowest BCUT2D eigenvalue weighted by Gasteiger charge is -2.11. The minimum absolute atomic E-state index is 1.08. The molecular weight excluding hydrogens is 374 g/mol.